The molecular weight excluding hydrogens is 132 g/mol. The van der Waals surface area contributed by atoms with E-state index in [-0.39, 0.29) is 6.29 Å². The number of hydrogen-bond donors (Lipinski definition) is 0. The lowest BCUT2D eigenvalue weighted by atomic mass is 10.3. The minimum Gasteiger partial charge on any atom is -0.373 e. The Morgan fingerprint density at radius 1 is 1.70 bits per heavy atom. The zero-order chi connectivity index (χ0) is 7.40. The Labute approximate surface area is 61.3 Å². The number of epoxide rings is 1. The van der Waals surface area contributed by atoms with Crippen LogP contribution in [0.15, 0.2) is 0 Å². The zero-order valence-electron chi connectivity index (χ0n) is 6.50. The summed E-state index contributed by atoms with van der Waals surface area (Å²) >= 11 is 0. The Morgan fingerprint density at radius 2 is 2.40 bits per heavy atom. The highest BCUT2D eigenvalue weighted by Gasteiger charge is 2.21. The maximum Gasteiger partial charge on any atom is 0.154 e. The average Bonchev–Trinajstić information content (AvgIpc) is 2.71. The van der Waals surface area contributed by atoms with E-state index in [9.17, 15) is 0 Å². The van der Waals surface area contributed by atoms with Gasteiger partial charge in [-0.3, -0.25) is 0 Å². The van der Waals surface area contributed by atoms with E-state index >= 15 is 0 Å². The van der Waals surface area contributed by atoms with Crippen molar-refractivity contribution >= 4 is 0 Å². The molecule has 1 aliphatic heterocycles. The molecular formula is C7H14O3. The molecule has 0 aromatic heterocycles. The standard InChI is InChI=1S/C7H14O3/c1-6(8-2)9-4-3-7-5-10-7/h6-7H,3-5H2,1-2H3. The van der Waals surface area contributed by atoms with E-state index in [0.29, 0.717) is 6.10 Å². The first kappa shape index (κ1) is 7.98. The van der Waals surface area contributed by atoms with Crippen molar-refractivity contribution in [1.82, 2.24) is 0 Å². The third-order valence-corrected chi connectivity index (χ3v) is 1.53. The normalized spacial score (nSPS) is 26.4. The second-order valence-electron chi connectivity index (χ2n) is 2.42. The smallest absolute Gasteiger partial charge is 0.154 e. The first-order chi connectivity index (χ1) is 4.83. The van der Waals surface area contributed by atoms with E-state index in [1.54, 1.807) is 7.11 Å². The summed E-state index contributed by atoms with van der Waals surface area (Å²) in [7, 11) is 1.64. The predicted molar refractivity (Wildman–Crippen MR) is 36.8 cm³/mol. The van der Waals surface area contributed by atoms with Crippen molar-refractivity contribution in [2.45, 2.75) is 25.7 Å². The number of hydrogen-bond acceptors (Lipinski definition) is 3. The lowest BCUT2D eigenvalue weighted by Gasteiger charge is -2.09. The molecule has 0 bridgehead atoms. The van der Waals surface area contributed by atoms with Crippen molar-refractivity contribution in [2.24, 2.45) is 0 Å². The van der Waals surface area contributed by atoms with Crippen LogP contribution < -0.4 is 0 Å². The highest BCUT2D eigenvalue weighted by atomic mass is 16.7. The number of methoxy groups -OCH3 is 1. The van der Waals surface area contributed by atoms with Gasteiger partial charge in [0.2, 0.25) is 0 Å². The average molecular weight is 146 g/mol. The van der Waals surface area contributed by atoms with E-state index in [1.807, 2.05) is 6.92 Å². The molecule has 60 valence electrons. The number of rotatable bonds is 5. The zero-order valence-corrected chi connectivity index (χ0v) is 6.50. The van der Waals surface area contributed by atoms with Crippen molar-refractivity contribution in [3.8, 4) is 0 Å². The predicted octanol–water partition coefficient (Wildman–Crippen LogP) is 0.784. The Morgan fingerprint density at radius 3 is 2.90 bits per heavy atom. The molecule has 0 saturated carbocycles. The Bertz CT molecular complexity index is 90.9. The largest absolute Gasteiger partial charge is 0.373 e. The molecule has 0 amide bonds. The highest BCUT2D eigenvalue weighted by Crippen LogP contribution is 2.13. The maximum absolute atomic E-state index is 5.24. The second-order valence-corrected chi connectivity index (χ2v) is 2.42. The monoisotopic (exact) mass is 146 g/mol. The summed E-state index contributed by atoms with van der Waals surface area (Å²) in [6.07, 6.45) is 1.37. The molecule has 3 nitrogen and oxygen atoms in total. The van der Waals surface area contributed by atoms with Crippen LogP contribution in [-0.4, -0.2) is 32.7 Å². The van der Waals surface area contributed by atoms with Gasteiger partial charge in [0.25, 0.3) is 0 Å². The summed E-state index contributed by atoms with van der Waals surface area (Å²) in [5.74, 6) is 0. The van der Waals surface area contributed by atoms with Gasteiger partial charge in [0, 0.05) is 7.11 Å². The lowest BCUT2D eigenvalue weighted by molar-refractivity contribution is -0.111. The van der Waals surface area contributed by atoms with E-state index in [0.717, 1.165) is 19.6 Å². The Kier molecular flexibility index (Phi) is 3.12. The minimum atomic E-state index is -0.0845. The fourth-order valence-electron chi connectivity index (χ4n) is 0.668. The molecule has 0 aliphatic carbocycles. The van der Waals surface area contributed by atoms with E-state index in [1.165, 1.54) is 0 Å². The Balaban J connectivity index is 1.83. The first-order valence-corrected chi connectivity index (χ1v) is 3.59. The van der Waals surface area contributed by atoms with Gasteiger partial charge in [-0.15, -0.1) is 0 Å². The van der Waals surface area contributed by atoms with Crippen molar-refractivity contribution in [1.29, 1.82) is 0 Å². The molecule has 10 heavy (non-hydrogen) atoms. The fraction of sp³-hybridized carbons (Fsp3) is 1.00. The summed E-state index contributed by atoms with van der Waals surface area (Å²) in [4.78, 5) is 0. The third-order valence-electron chi connectivity index (χ3n) is 1.53. The fourth-order valence-corrected chi connectivity index (χ4v) is 0.668. The van der Waals surface area contributed by atoms with Crippen LogP contribution in [0.2, 0.25) is 0 Å². The molecule has 0 spiro atoms. The molecule has 1 fully saturated rings. The van der Waals surface area contributed by atoms with E-state index < -0.39 is 0 Å². The quantitative estimate of drug-likeness (QED) is 0.424. The first-order valence-electron chi connectivity index (χ1n) is 3.59. The molecule has 0 aromatic rings. The van der Waals surface area contributed by atoms with Gasteiger partial charge in [0.05, 0.1) is 19.3 Å². The van der Waals surface area contributed by atoms with Gasteiger partial charge in [-0.05, 0) is 13.3 Å². The van der Waals surface area contributed by atoms with Crippen LogP contribution in [0, 0.1) is 0 Å². The summed E-state index contributed by atoms with van der Waals surface area (Å²) in [5, 5.41) is 0. The number of ether oxygens (including phenoxy) is 3. The molecule has 0 N–H and O–H groups in total. The Hall–Kier alpha value is -0.120. The summed E-state index contributed by atoms with van der Waals surface area (Å²) < 4.78 is 15.1. The van der Waals surface area contributed by atoms with E-state index in [4.69, 9.17) is 14.2 Å². The molecule has 1 saturated heterocycles. The van der Waals surface area contributed by atoms with Crippen LogP contribution in [0.4, 0.5) is 0 Å². The topological polar surface area (TPSA) is 31.0 Å². The van der Waals surface area contributed by atoms with Crippen LogP contribution in [0.25, 0.3) is 0 Å². The summed E-state index contributed by atoms with van der Waals surface area (Å²) in [5.41, 5.74) is 0. The highest BCUT2D eigenvalue weighted by molar-refractivity contribution is 4.67. The third kappa shape index (κ3) is 3.15. The summed E-state index contributed by atoms with van der Waals surface area (Å²) in [6, 6.07) is 0. The maximum atomic E-state index is 5.24. The van der Waals surface area contributed by atoms with Crippen LogP contribution >= 0.6 is 0 Å². The molecule has 3 heteroatoms. The van der Waals surface area contributed by atoms with Gasteiger partial charge in [0.1, 0.15) is 0 Å². The van der Waals surface area contributed by atoms with Crippen molar-refractivity contribution in [2.75, 3.05) is 20.3 Å². The molecule has 1 heterocycles. The van der Waals surface area contributed by atoms with Crippen molar-refractivity contribution < 1.29 is 14.2 Å². The molecule has 2 atom stereocenters. The van der Waals surface area contributed by atoms with Gasteiger partial charge in [0.15, 0.2) is 6.29 Å². The van der Waals surface area contributed by atoms with E-state index in [2.05, 4.69) is 0 Å². The second kappa shape index (κ2) is 3.91. The van der Waals surface area contributed by atoms with Crippen LogP contribution in [0.5, 0.6) is 0 Å². The van der Waals surface area contributed by atoms with Crippen LogP contribution in [-0.2, 0) is 14.2 Å². The molecule has 1 rings (SSSR count). The molecule has 0 radical (unpaired) electrons. The SMILES string of the molecule is COC(C)OCCC1CO1. The molecule has 1 aliphatic rings. The molecule has 0 aromatic carbocycles. The van der Waals surface area contributed by atoms with Gasteiger partial charge in [-0.1, -0.05) is 0 Å². The lowest BCUT2D eigenvalue weighted by Crippen LogP contribution is -2.11. The van der Waals surface area contributed by atoms with Crippen molar-refractivity contribution in [3.05, 3.63) is 0 Å². The van der Waals surface area contributed by atoms with Gasteiger partial charge in [-0.25, -0.2) is 0 Å². The van der Waals surface area contributed by atoms with Crippen LogP contribution in [0.3, 0.4) is 0 Å². The van der Waals surface area contributed by atoms with Gasteiger partial charge >= 0.3 is 0 Å². The molecule has 2 unspecified atom stereocenters. The van der Waals surface area contributed by atoms with Crippen molar-refractivity contribution in [3.63, 3.8) is 0 Å². The minimum absolute atomic E-state index is 0.0845. The van der Waals surface area contributed by atoms with Gasteiger partial charge in [-0.2, -0.15) is 0 Å². The van der Waals surface area contributed by atoms with Gasteiger partial charge < -0.3 is 14.2 Å². The van der Waals surface area contributed by atoms with Crippen LogP contribution in [0.1, 0.15) is 13.3 Å². The summed E-state index contributed by atoms with van der Waals surface area (Å²) in [6.45, 7) is 3.53.